The molecule has 2 aromatic carbocycles. The second-order valence-corrected chi connectivity index (χ2v) is 8.34. The van der Waals surface area contributed by atoms with Gasteiger partial charge in [-0.3, -0.25) is 9.59 Å². The van der Waals surface area contributed by atoms with E-state index in [0.29, 0.717) is 6.42 Å². The molecule has 3 rings (SSSR count). The number of carbonyl (C=O) groups is 2. The van der Waals surface area contributed by atoms with Gasteiger partial charge in [0.15, 0.2) is 0 Å². The quantitative estimate of drug-likeness (QED) is 0.459. The molecule has 6 heteroatoms. The molecule has 0 unspecified atom stereocenters. The van der Waals surface area contributed by atoms with Crippen LogP contribution < -0.4 is 5.32 Å². The zero-order valence-corrected chi connectivity index (χ0v) is 18.5. The van der Waals surface area contributed by atoms with Gasteiger partial charge in [0.2, 0.25) is 11.8 Å². The molecule has 4 nitrogen and oxygen atoms in total. The van der Waals surface area contributed by atoms with Gasteiger partial charge in [-0.25, -0.2) is 4.39 Å². The predicted molar refractivity (Wildman–Crippen MR) is 121 cm³/mol. The van der Waals surface area contributed by atoms with Crippen LogP contribution in [0.25, 0.3) is 0 Å². The summed E-state index contributed by atoms with van der Waals surface area (Å²) in [4.78, 5) is 27.7. The highest BCUT2D eigenvalue weighted by molar-refractivity contribution is 6.27. The summed E-state index contributed by atoms with van der Waals surface area (Å²) in [6.45, 7) is 0.270. The molecule has 0 saturated heterocycles. The molecule has 166 valence electrons. The van der Waals surface area contributed by atoms with E-state index in [2.05, 4.69) is 5.32 Å². The number of benzene rings is 2. The zero-order chi connectivity index (χ0) is 22.1. The third-order valence-electron chi connectivity index (χ3n) is 5.88. The first-order valence-electron chi connectivity index (χ1n) is 11.0. The number of alkyl halides is 1. The Balaban J connectivity index is 1.88. The first kappa shape index (κ1) is 23.3. The summed E-state index contributed by atoms with van der Waals surface area (Å²) in [6, 6.07) is 14.9. The van der Waals surface area contributed by atoms with Crippen molar-refractivity contribution >= 4 is 23.4 Å². The molecular weight excluding hydrogens is 415 g/mol. The molecule has 0 aliphatic heterocycles. The summed E-state index contributed by atoms with van der Waals surface area (Å²) in [6.07, 6.45) is 6.81. The maximum absolute atomic E-state index is 14.8. The Bertz CT molecular complexity index is 854. The standard InChI is InChI=1S/C25H30ClFN2O2/c26-18-23(30)29(17-16-19-10-4-3-5-11-19)24(21-14-8-9-15-22(21)27)25(31)28-20-12-6-1-2-7-13-20/h3-5,8-11,14-15,20,24H,1-2,6-7,12-13,16-18H2,(H,28,31)/t24-/m1/s1. The van der Waals surface area contributed by atoms with Gasteiger partial charge in [-0.15, -0.1) is 11.6 Å². The van der Waals surface area contributed by atoms with Crippen LogP contribution in [0.5, 0.6) is 0 Å². The van der Waals surface area contributed by atoms with Gasteiger partial charge >= 0.3 is 0 Å². The molecule has 1 fully saturated rings. The van der Waals surface area contributed by atoms with Gasteiger partial charge < -0.3 is 10.2 Å². The fourth-order valence-electron chi connectivity index (χ4n) is 4.22. The van der Waals surface area contributed by atoms with Crippen LogP contribution in [0.3, 0.4) is 0 Å². The van der Waals surface area contributed by atoms with E-state index >= 15 is 0 Å². The second-order valence-electron chi connectivity index (χ2n) is 8.08. The van der Waals surface area contributed by atoms with Gasteiger partial charge in [0.1, 0.15) is 17.7 Å². The molecule has 1 aliphatic carbocycles. The summed E-state index contributed by atoms with van der Waals surface area (Å²) >= 11 is 5.90. The van der Waals surface area contributed by atoms with Crippen LogP contribution in [0.1, 0.15) is 55.7 Å². The fraction of sp³-hybridized carbons (Fsp3) is 0.440. The van der Waals surface area contributed by atoms with E-state index in [1.165, 1.54) is 11.0 Å². The summed E-state index contributed by atoms with van der Waals surface area (Å²) in [5, 5.41) is 3.10. The average Bonchev–Trinajstić information content (AvgIpc) is 3.06. The highest BCUT2D eigenvalue weighted by Gasteiger charge is 2.33. The SMILES string of the molecule is O=C(NC1CCCCCC1)[C@@H](c1ccccc1F)N(CCc1ccccc1)C(=O)CCl. The normalized spacial score (nSPS) is 15.7. The van der Waals surface area contributed by atoms with Crippen molar-refractivity contribution in [2.75, 3.05) is 12.4 Å². The lowest BCUT2D eigenvalue weighted by molar-refractivity contribution is -0.139. The number of hydrogen-bond acceptors (Lipinski definition) is 2. The number of nitrogens with one attached hydrogen (secondary N) is 1. The Hall–Kier alpha value is -2.40. The Morgan fingerprint density at radius 3 is 2.29 bits per heavy atom. The smallest absolute Gasteiger partial charge is 0.247 e. The highest BCUT2D eigenvalue weighted by Crippen LogP contribution is 2.26. The Labute approximate surface area is 188 Å². The molecular formula is C25H30ClFN2O2. The number of nitrogens with zero attached hydrogens (tertiary/aromatic N) is 1. The third-order valence-corrected chi connectivity index (χ3v) is 6.11. The number of rotatable bonds is 8. The molecule has 1 aliphatic rings. The van der Waals surface area contributed by atoms with Gasteiger partial charge in [-0.1, -0.05) is 74.2 Å². The van der Waals surface area contributed by atoms with Crippen molar-refractivity contribution < 1.29 is 14.0 Å². The van der Waals surface area contributed by atoms with Crippen LogP contribution in [0, 0.1) is 5.82 Å². The van der Waals surface area contributed by atoms with Crippen molar-refractivity contribution in [1.82, 2.24) is 10.2 Å². The molecule has 0 spiro atoms. The average molecular weight is 445 g/mol. The molecule has 1 N–H and O–H groups in total. The summed E-state index contributed by atoms with van der Waals surface area (Å²) in [5.74, 6) is -1.50. The van der Waals surface area contributed by atoms with Crippen molar-refractivity contribution in [3.05, 3.63) is 71.5 Å². The maximum atomic E-state index is 14.8. The van der Waals surface area contributed by atoms with E-state index in [9.17, 15) is 14.0 Å². The Morgan fingerprint density at radius 1 is 1.00 bits per heavy atom. The van der Waals surface area contributed by atoms with Crippen molar-refractivity contribution in [3.63, 3.8) is 0 Å². The molecule has 0 radical (unpaired) electrons. The molecule has 0 bridgehead atoms. The Morgan fingerprint density at radius 2 is 1.65 bits per heavy atom. The Kier molecular flexibility index (Phi) is 8.89. The molecule has 0 heterocycles. The van der Waals surface area contributed by atoms with Gasteiger partial charge in [0.05, 0.1) is 0 Å². The fourth-order valence-corrected chi connectivity index (χ4v) is 4.37. The molecule has 1 atom stereocenters. The summed E-state index contributed by atoms with van der Waals surface area (Å²) in [7, 11) is 0. The lowest BCUT2D eigenvalue weighted by Crippen LogP contribution is -2.48. The van der Waals surface area contributed by atoms with Crippen molar-refractivity contribution in [2.24, 2.45) is 0 Å². The van der Waals surface area contributed by atoms with E-state index < -0.39 is 11.9 Å². The summed E-state index contributed by atoms with van der Waals surface area (Å²) in [5.41, 5.74) is 1.23. The van der Waals surface area contributed by atoms with Crippen LogP contribution in [-0.4, -0.2) is 35.2 Å². The zero-order valence-electron chi connectivity index (χ0n) is 17.7. The van der Waals surface area contributed by atoms with Crippen LogP contribution in [-0.2, 0) is 16.0 Å². The van der Waals surface area contributed by atoms with Gasteiger partial charge in [0, 0.05) is 18.2 Å². The van der Waals surface area contributed by atoms with E-state index in [0.717, 1.165) is 44.1 Å². The summed E-state index contributed by atoms with van der Waals surface area (Å²) < 4.78 is 14.8. The minimum atomic E-state index is -1.06. The van der Waals surface area contributed by atoms with Gasteiger partial charge in [0.25, 0.3) is 0 Å². The lowest BCUT2D eigenvalue weighted by atomic mass is 10.0. The van der Waals surface area contributed by atoms with Crippen LogP contribution in [0.4, 0.5) is 4.39 Å². The van der Waals surface area contributed by atoms with E-state index in [4.69, 9.17) is 11.6 Å². The molecule has 31 heavy (non-hydrogen) atoms. The van der Waals surface area contributed by atoms with Crippen molar-refractivity contribution in [2.45, 2.75) is 57.0 Å². The third kappa shape index (κ3) is 6.54. The predicted octanol–water partition coefficient (Wildman–Crippen LogP) is 5.02. The number of carbonyl (C=O) groups excluding carboxylic acids is 2. The van der Waals surface area contributed by atoms with Gasteiger partial charge in [-0.05, 0) is 30.9 Å². The van der Waals surface area contributed by atoms with E-state index in [1.54, 1.807) is 18.2 Å². The molecule has 1 saturated carbocycles. The largest absolute Gasteiger partial charge is 0.351 e. The molecule has 2 amide bonds. The van der Waals surface area contributed by atoms with Gasteiger partial charge in [-0.2, -0.15) is 0 Å². The minimum Gasteiger partial charge on any atom is -0.351 e. The second kappa shape index (κ2) is 11.8. The topological polar surface area (TPSA) is 49.4 Å². The number of halogens is 2. The monoisotopic (exact) mass is 444 g/mol. The highest BCUT2D eigenvalue weighted by atomic mass is 35.5. The van der Waals surface area contributed by atoms with E-state index in [-0.39, 0.29) is 35.8 Å². The van der Waals surface area contributed by atoms with Crippen molar-refractivity contribution in [3.8, 4) is 0 Å². The van der Waals surface area contributed by atoms with Crippen LogP contribution >= 0.6 is 11.6 Å². The molecule has 0 aromatic heterocycles. The first-order chi connectivity index (χ1) is 15.1. The lowest BCUT2D eigenvalue weighted by Gasteiger charge is -2.32. The minimum absolute atomic E-state index is 0.0475. The van der Waals surface area contributed by atoms with Crippen molar-refractivity contribution in [1.29, 1.82) is 0 Å². The first-order valence-corrected chi connectivity index (χ1v) is 11.6. The van der Waals surface area contributed by atoms with E-state index in [1.807, 2.05) is 30.3 Å². The van der Waals surface area contributed by atoms with Crippen LogP contribution in [0.15, 0.2) is 54.6 Å². The molecule has 2 aromatic rings. The number of hydrogen-bond donors (Lipinski definition) is 1. The van der Waals surface area contributed by atoms with Crippen LogP contribution in [0.2, 0.25) is 0 Å². The maximum Gasteiger partial charge on any atom is 0.247 e. The number of amides is 2.